The Morgan fingerprint density at radius 3 is 2.25 bits per heavy atom. The summed E-state index contributed by atoms with van der Waals surface area (Å²) >= 11 is 0. The number of hydrogen-bond acceptors (Lipinski definition) is 4. The number of para-hydroxylation sites is 2. The number of aromatic nitrogens is 2. The first kappa shape index (κ1) is 14.8. The third-order valence-electron chi connectivity index (χ3n) is 4.37. The summed E-state index contributed by atoms with van der Waals surface area (Å²) in [5, 5.41) is 0.705. The molecule has 0 N–H and O–H groups in total. The molecule has 0 radical (unpaired) electrons. The quantitative estimate of drug-likeness (QED) is 0.724. The molecule has 0 bridgehead atoms. The van der Waals surface area contributed by atoms with Crippen LogP contribution in [-0.4, -0.2) is 36.1 Å². The van der Waals surface area contributed by atoms with Gasteiger partial charge in [0.15, 0.2) is 0 Å². The molecule has 0 saturated carbocycles. The van der Waals surface area contributed by atoms with Gasteiger partial charge in [-0.1, -0.05) is 18.2 Å². The van der Waals surface area contributed by atoms with Crippen molar-refractivity contribution in [2.45, 2.75) is 0 Å². The third kappa shape index (κ3) is 2.54. The number of halogens is 2. The highest BCUT2D eigenvalue weighted by Gasteiger charge is 2.22. The zero-order chi connectivity index (χ0) is 16.5. The standard InChI is InChI=1S/C18H16F2N4/c19-14-5-1-2-7-16(14)23-8-10-24(11-9-23)18-13-4-3-6-15(20)17(13)21-12-22-18/h1-7,12H,8-11H2. The highest BCUT2D eigenvalue weighted by Crippen LogP contribution is 2.27. The van der Waals surface area contributed by atoms with Gasteiger partial charge in [0.25, 0.3) is 0 Å². The molecule has 1 aliphatic rings. The van der Waals surface area contributed by atoms with Gasteiger partial charge in [0, 0.05) is 31.6 Å². The van der Waals surface area contributed by atoms with Gasteiger partial charge in [0.2, 0.25) is 0 Å². The van der Waals surface area contributed by atoms with E-state index in [9.17, 15) is 8.78 Å². The highest BCUT2D eigenvalue weighted by molar-refractivity contribution is 5.89. The Morgan fingerprint density at radius 2 is 1.46 bits per heavy atom. The van der Waals surface area contributed by atoms with E-state index in [0.717, 1.165) is 5.82 Å². The van der Waals surface area contributed by atoms with Gasteiger partial charge in [-0.25, -0.2) is 18.7 Å². The van der Waals surface area contributed by atoms with Crippen LogP contribution in [0.4, 0.5) is 20.3 Å². The number of benzene rings is 2. The SMILES string of the molecule is Fc1ccccc1N1CCN(c2ncnc3c(F)cccc23)CC1. The second-order valence-corrected chi connectivity index (χ2v) is 5.76. The van der Waals surface area contributed by atoms with E-state index in [1.807, 2.05) is 17.0 Å². The maximum absolute atomic E-state index is 13.9. The molecular weight excluding hydrogens is 310 g/mol. The van der Waals surface area contributed by atoms with Crippen molar-refractivity contribution in [1.29, 1.82) is 0 Å². The lowest BCUT2D eigenvalue weighted by molar-refractivity contribution is 0.596. The monoisotopic (exact) mass is 326 g/mol. The van der Waals surface area contributed by atoms with E-state index in [1.165, 1.54) is 18.5 Å². The van der Waals surface area contributed by atoms with E-state index in [2.05, 4.69) is 14.9 Å². The maximum atomic E-state index is 13.9. The first-order valence-electron chi connectivity index (χ1n) is 7.88. The van der Waals surface area contributed by atoms with Gasteiger partial charge in [-0.2, -0.15) is 0 Å². The van der Waals surface area contributed by atoms with E-state index < -0.39 is 0 Å². The fourth-order valence-corrected chi connectivity index (χ4v) is 3.16. The Hall–Kier alpha value is -2.76. The first-order valence-corrected chi connectivity index (χ1v) is 7.88. The highest BCUT2D eigenvalue weighted by atomic mass is 19.1. The van der Waals surface area contributed by atoms with Gasteiger partial charge < -0.3 is 9.80 Å². The van der Waals surface area contributed by atoms with Crippen LogP contribution in [0.25, 0.3) is 10.9 Å². The normalized spacial score (nSPS) is 15.1. The summed E-state index contributed by atoms with van der Waals surface area (Å²) in [6.07, 6.45) is 1.39. The zero-order valence-corrected chi connectivity index (χ0v) is 13.0. The average molecular weight is 326 g/mol. The van der Waals surface area contributed by atoms with Gasteiger partial charge in [-0.15, -0.1) is 0 Å². The summed E-state index contributed by atoms with van der Waals surface area (Å²) < 4.78 is 27.8. The zero-order valence-electron chi connectivity index (χ0n) is 13.0. The van der Waals surface area contributed by atoms with Crippen LogP contribution < -0.4 is 9.80 Å². The summed E-state index contributed by atoms with van der Waals surface area (Å²) in [6, 6.07) is 11.7. The van der Waals surface area contributed by atoms with Crippen LogP contribution in [0, 0.1) is 11.6 Å². The summed E-state index contributed by atoms with van der Waals surface area (Å²) in [6.45, 7) is 2.75. The Morgan fingerprint density at radius 1 is 0.750 bits per heavy atom. The largest absolute Gasteiger partial charge is 0.366 e. The van der Waals surface area contributed by atoms with Crippen LogP contribution in [0.2, 0.25) is 0 Å². The lowest BCUT2D eigenvalue weighted by Gasteiger charge is -2.37. The fraction of sp³-hybridized carbons (Fsp3) is 0.222. The first-order chi connectivity index (χ1) is 11.7. The van der Waals surface area contributed by atoms with Gasteiger partial charge in [-0.3, -0.25) is 0 Å². The van der Waals surface area contributed by atoms with E-state index in [4.69, 9.17) is 0 Å². The molecule has 4 rings (SSSR count). The molecule has 1 saturated heterocycles. The molecule has 0 spiro atoms. The summed E-state index contributed by atoms with van der Waals surface area (Å²) in [5.41, 5.74) is 0.953. The van der Waals surface area contributed by atoms with Crippen LogP contribution in [0.5, 0.6) is 0 Å². The minimum Gasteiger partial charge on any atom is -0.366 e. The van der Waals surface area contributed by atoms with Gasteiger partial charge >= 0.3 is 0 Å². The molecule has 2 heterocycles. The van der Waals surface area contributed by atoms with Crippen LogP contribution in [-0.2, 0) is 0 Å². The van der Waals surface area contributed by atoms with Crippen molar-refractivity contribution in [3.63, 3.8) is 0 Å². The summed E-state index contributed by atoms with van der Waals surface area (Å²) in [4.78, 5) is 12.5. The Labute approximate surface area is 138 Å². The van der Waals surface area contributed by atoms with Crippen molar-refractivity contribution in [2.24, 2.45) is 0 Å². The topological polar surface area (TPSA) is 32.3 Å². The lowest BCUT2D eigenvalue weighted by atomic mass is 10.2. The molecule has 122 valence electrons. The van der Waals surface area contributed by atoms with Crippen LogP contribution in [0.15, 0.2) is 48.8 Å². The fourth-order valence-electron chi connectivity index (χ4n) is 3.16. The molecule has 0 atom stereocenters. The predicted octanol–water partition coefficient (Wildman–Crippen LogP) is 3.23. The van der Waals surface area contributed by atoms with E-state index in [-0.39, 0.29) is 11.6 Å². The number of fused-ring (bicyclic) bond motifs is 1. The van der Waals surface area contributed by atoms with Crippen molar-refractivity contribution in [3.05, 3.63) is 60.4 Å². The average Bonchev–Trinajstić information content (AvgIpc) is 2.62. The lowest BCUT2D eigenvalue weighted by Crippen LogP contribution is -2.47. The van der Waals surface area contributed by atoms with Crippen LogP contribution >= 0.6 is 0 Å². The van der Waals surface area contributed by atoms with E-state index >= 15 is 0 Å². The smallest absolute Gasteiger partial charge is 0.149 e. The number of anilines is 2. The number of nitrogens with zero attached hydrogens (tertiary/aromatic N) is 4. The van der Waals surface area contributed by atoms with Crippen molar-refractivity contribution in [3.8, 4) is 0 Å². The van der Waals surface area contributed by atoms with E-state index in [1.54, 1.807) is 18.2 Å². The predicted molar refractivity (Wildman–Crippen MR) is 90.3 cm³/mol. The molecule has 1 aliphatic heterocycles. The summed E-state index contributed by atoms with van der Waals surface area (Å²) in [5.74, 6) is 0.175. The molecular formula is C18H16F2N4. The van der Waals surface area contributed by atoms with Crippen molar-refractivity contribution in [1.82, 2.24) is 9.97 Å². The maximum Gasteiger partial charge on any atom is 0.149 e. The second-order valence-electron chi connectivity index (χ2n) is 5.76. The van der Waals surface area contributed by atoms with Crippen LogP contribution in [0.1, 0.15) is 0 Å². The Kier molecular flexibility index (Phi) is 3.72. The van der Waals surface area contributed by atoms with Gasteiger partial charge in [0.1, 0.15) is 29.3 Å². The molecule has 0 aliphatic carbocycles. The number of rotatable bonds is 2. The van der Waals surface area contributed by atoms with Crippen molar-refractivity contribution < 1.29 is 8.78 Å². The molecule has 3 aromatic rings. The second kappa shape index (κ2) is 6.03. The molecule has 6 heteroatoms. The number of hydrogen-bond donors (Lipinski definition) is 0. The molecule has 1 fully saturated rings. The molecule has 1 aromatic heterocycles. The van der Waals surface area contributed by atoms with Crippen molar-refractivity contribution >= 4 is 22.4 Å². The Bertz CT molecular complexity index is 876. The molecule has 24 heavy (non-hydrogen) atoms. The van der Waals surface area contributed by atoms with E-state index in [0.29, 0.717) is 42.8 Å². The molecule has 0 amide bonds. The van der Waals surface area contributed by atoms with Gasteiger partial charge in [-0.05, 0) is 24.3 Å². The van der Waals surface area contributed by atoms with Crippen molar-refractivity contribution in [2.75, 3.05) is 36.0 Å². The molecule has 0 unspecified atom stereocenters. The summed E-state index contributed by atoms with van der Waals surface area (Å²) in [7, 11) is 0. The van der Waals surface area contributed by atoms with Gasteiger partial charge in [0.05, 0.1) is 5.69 Å². The third-order valence-corrected chi connectivity index (χ3v) is 4.37. The minimum atomic E-state index is -0.346. The Balaban J connectivity index is 1.59. The minimum absolute atomic E-state index is 0.208. The molecule has 2 aromatic carbocycles. The van der Waals surface area contributed by atoms with Crippen LogP contribution in [0.3, 0.4) is 0 Å². The number of piperazine rings is 1. The molecule has 4 nitrogen and oxygen atoms in total.